The first-order valence-electron chi connectivity index (χ1n) is 11.2. The summed E-state index contributed by atoms with van der Waals surface area (Å²) in [6.45, 7) is 0.982. The van der Waals surface area contributed by atoms with Gasteiger partial charge in [0.2, 0.25) is 5.91 Å². The van der Waals surface area contributed by atoms with Crippen molar-refractivity contribution in [3.63, 3.8) is 0 Å². The quantitative estimate of drug-likeness (QED) is 0.275. The second kappa shape index (κ2) is 11.4. The summed E-state index contributed by atoms with van der Waals surface area (Å²) in [5, 5.41) is -0.232. The molecule has 2 fully saturated rings. The van der Waals surface area contributed by atoms with Crippen LogP contribution in [-0.2, 0) is 9.59 Å². The summed E-state index contributed by atoms with van der Waals surface area (Å²) in [6.07, 6.45) is 4.38. The molecule has 2 aromatic rings. The zero-order valence-electron chi connectivity index (χ0n) is 19.3. The first-order chi connectivity index (χ1) is 17.3. The predicted molar refractivity (Wildman–Crippen MR) is 138 cm³/mol. The molecule has 11 heteroatoms. The highest BCUT2D eigenvalue weighted by Gasteiger charge is 2.37. The lowest BCUT2D eigenvalue weighted by Gasteiger charge is -2.27. The van der Waals surface area contributed by atoms with Crippen LogP contribution in [0.1, 0.15) is 35.2 Å². The second-order valence-electron chi connectivity index (χ2n) is 8.11. The Morgan fingerprint density at radius 1 is 1.06 bits per heavy atom. The lowest BCUT2D eigenvalue weighted by atomic mass is 10.1. The number of hydrogen-bond donors (Lipinski definition) is 0. The van der Waals surface area contributed by atoms with Gasteiger partial charge >= 0.3 is 5.97 Å². The van der Waals surface area contributed by atoms with Crippen molar-refractivity contribution in [3.05, 3.63) is 62.5 Å². The molecular formula is C25H22Cl2N2O6S. The van der Waals surface area contributed by atoms with Gasteiger partial charge in [0, 0.05) is 13.1 Å². The standard InChI is InChI=1S/C25H22Cl2N2O6S/c1-34-19-12-15(11-18(27)22(19)35-24(32)16-7-3-4-8-17(16)26)13-20-23(31)29(25(33)36-20)14-21(30)28-9-5-2-6-10-28/h3-4,7-8,11-13H,2,5-6,9-10,14H2,1H3/b20-13-. The lowest BCUT2D eigenvalue weighted by molar-refractivity contribution is -0.136. The van der Waals surface area contributed by atoms with Gasteiger partial charge in [0.15, 0.2) is 11.5 Å². The number of imide groups is 1. The Morgan fingerprint density at radius 3 is 2.47 bits per heavy atom. The fourth-order valence-corrected chi connectivity index (χ4v) is 5.17. The van der Waals surface area contributed by atoms with E-state index in [1.807, 2.05) is 0 Å². The highest BCUT2D eigenvalue weighted by molar-refractivity contribution is 8.18. The van der Waals surface area contributed by atoms with E-state index >= 15 is 0 Å². The Balaban J connectivity index is 1.52. The number of amides is 3. The average Bonchev–Trinajstić information content (AvgIpc) is 3.13. The van der Waals surface area contributed by atoms with E-state index in [2.05, 4.69) is 0 Å². The molecule has 0 unspecified atom stereocenters. The van der Waals surface area contributed by atoms with Gasteiger partial charge in [-0.05, 0) is 66.9 Å². The predicted octanol–water partition coefficient (Wildman–Crippen LogP) is 5.27. The first-order valence-corrected chi connectivity index (χ1v) is 12.7. The van der Waals surface area contributed by atoms with Crippen LogP contribution in [-0.4, -0.2) is 59.6 Å². The van der Waals surface area contributed by atoms with E-state index in [-0.39, 0.29) is 44.5 Å². The molecule has 8 nitrogen and oxygen atoms in total. The van der Waals surface area contributed by atoms with Crippen molar-refractivity contribution in [2.45, 2.75) is 19.3 Å². The van der Waals surface area contributed by atoms with Crippen molar-refractivity contribution in [3.8, 4) is 11.5 Å². The minimum absolute atomic E-state index is 0.0125. The first kappa shape index (κ1) is 26.1. The summed E-state index contributed by atoms with van der Waals surface area (Å²) in [7, 11) is 1.38. The average molecular weight is 549 g/mol. The molecule has 0 atom stereocenters. The van der Waals surface area contributed by atoms with Gasteiger partial charge in [-0.15, -0.1) is 0 Å². The summed E-state index contributed by atoms with van der Waals surface area (Å²) in [5.74, 6) is -1.38. The molecule has 2 aromatic carbocycles. The number of benzene rings is 2. The van der Waals surface area contributed by atoms with Crippen molar-refractivity contribution >= 4 is 64.1 Å². The fourth-order valence-electron chi connectivity index (χ4n) is 3.86. The molecule has 2 aliphatic rings. The van der Waals surface area contributed by atoms with Gasteiger partial charge < -0.3 is 14.4 Å². The molecule has 36 heavy (non-hydrogen) atoms. The molecule has 188 valence electrons. The Morgan fingerprint density at radius 2 is 1.78 bits per heavy atom. The van der Waals surface area contributed by atoms with Gasteiger partial charge in [0.05, 0.1) is 27.6 Å². The molecule has 0 aliphatic carbocycles. The molecule has 2 heterocycles. The Hall–Kier alpha value is -3.01. The number of likely N-dealkylation sites (tertiary alicyclic amines) is 1. The van der Waals surface area contributed by atoms with E-state index in [1.165, 1.54) is 31.4 Å². The monoisotopic (exact) mass is 548 g/mol. The molecule has 0 saturated carbocycles. The summed E-state index contributed by atoms with van der Waals surface area (Å²) in [6, 6.07) is 9.42. The third-order valence-corrected chi connectivity index (χ3v) is 7.23. The van der Waals surface area contributed by atoms with Gasteiger partial charge in [-0.25, -0.2) is 4.79 Å². The van der Waals surface area contributed by atoms with Crippen LogP contribution in [0.3, 0.4) is 0 Å². The third-order valence-electron chi connectivity index (χ3n) is 5.71. The normalized spacial score (nSPS) is 17.0. The van der Waals surface area contributed by atoms with Gasteiger partial charge in [-0.1, -0.05) is 35.3 Å². The zero-order chi connectivity index (χ0) is 25.8. The van der Waals surface area contributed by atoms with Gasteiger partial charge in [0.1, 0.15) is 6.54 Å². The van der Waals surface area contributed by atoms with Gasteiger partial charge in [-0.3, -0.25) is 19.3 Å². The largest absolute Gasteiger partial charge is 0.493 e. The summed E-state index contributed by atoms with van der Waals surface area (Å²) >= 11 is 13.2. The Kier molecular flexibility index (Phi) is 8.23. The van der Waals surface area contributed by atoms with Crippen molar-refractivity contribution in [2.75, 3.05) is 26.7 Å². The van der Waals surface area contributed by atoms with Crippen molar-refractivity contribution in [1.82, 2.24) is 9.80 Å². The van der Waals surface area contributed by atoms with E-state index in [0.29, 0.717) is 18.7 Å². The molecule has 0 N–H and O–H groups in total. The van der Waals surface area contributed by atoms with Crippen molar-refractivity contribution < 1.29 is 28.7 Å². The lowest BCUT2D eigenvalue weighted by Crippen LogP contribution is -2.44. The van der Waals surface area contributed by atoms with Crippen molar-refractivity contribution in [1.29, 1.82) is 0 Å². The zero-order valence-corrected chi connectivity index (χ0v) is 21.6. The van der Waals surface area contributed by atoms with Crippen LogP contribution in [0.25, 0.3) is 6.08 Å². The number of nitrogens with zero attached hydrogens (tertiary/aromatic N) is 2. The number of piperidine rings is 1. The van der Waals surface area contributed by atoms with Crippen LogP contribution < -0.4 is 9.47 Å². The molecule has 0 bridgehead atoms. The minimum atomic E-state index is -0.715. The SMILES string of the molecule is COc1cc(/C=C2\SC(=O)N(CC(=O)N3CCCCC3)C2=O)cc(Cl)c1OC(=O)c1ccccc1Cl. The second-order valence-corrected chi connectivity index (χ2v) is 9.92. The minimum Gasteiger partial charge on any atom is -0.493 e. The molecular weight excluding hydrogens is 527 g/mol. The van der Waals surface area contributed by atoms with Crippen LogP contribution in [0, 0.1) is 0 Å². The Labute approximate surface area is 222 Å². The molecule has 2 saturated heterocycles. The van der Waals surface area contributed by atoms with Gasteiger partial charge in [-0.2, -0.15) is 0 Å². The number of ether oxygens (including phenoxy) is 2. The maximum Gasteiger partial charge on any atom is 0.345 e. The van der Waals surface area contributed by atoms with Crippen molar-refractivity contribution in [2.24, 2.45) is 0 Å². The number of esters is 1. The van der Waals surface area contributed by atoms with Crippen LogP contribution in [0.4, 0.5) is 4.79 Å². The van der Waals surface area contributed by atoms with Crippen LogP contribution in [0.5, 0.6) is 11.5 Å². The van der Waals surface area contributed by atoms with E-state index < -0.39 is 17.1 Å². The maximum absolute atomic E-state index is 12.9. The van der Waals surface area contributed by atoms with E-state index in [0.717, 1.165) is 35.9 Å². The molecule has 2 aliphatic heterocycles. The Bertz CT molecular complexity index is 1260. The molecule has 3 amide bonds. The van der Waals surface area contributed by atoms with Crippen LogP contribution >= 0.6 is 35.0 Å². The smallest absolute Gasteiger partial charge is 0.345 e. The van der Waals surface area contributed by atoms with Gasteiger partial charge in [0.25, 0.3) is 11.1 Å². The number of thioether (sulfide) groups is 1. The molecule has 0 spiro atoms. The number of carbonyl (C=O) groups is 4. The number of methoxy groups -OCH3 is 1. The maximum atomic E-state index is 12.9. The molecule has 4 rings (SSSR count). The van der Waals surface area contributed by atoms with E-state index in [4.69, 9.17) is 32.7 Å². The molecule has 0 aromatic heterocycles. The number of hydrogen-bond acceptors (Lipinski definition) is 7. The number of rotatable bonds is 6. The summed E-state index contributed by atoms with van der Waals surface area (Å²) in [5.41, 5.74) is 0.608. The highest BCUT2D eigenvalue weighted by atomic mass is 35.5. The highest BCUT2D eigenvalue weighted by Crippen LogP contribution is 2.39. The third kappa shape index (κ3) is 5.69. The van der Waals surface area contributed by atoms with E-state index in [1.54, 1.807) is 23.1 Å². The van der Waals surface area contributed by atoms with Crippen LogP contribution in [0.15, 0.2) is 41.3 Å². The summed E-state index contributed by atoms with van der Waals surface area (Å²) < 4.78 is 10.8. The van der Waals surface area contributed by atoms with Crippen LogP contribution in [0.2, 0.25) is 10.0 Å². The summed E-state index contributed by atoms with van der Waals surface area (Å²) in [4.78, 5) is 53.3. The molecule has 0 radical (unpaired) electrons. The van der Waals surface area contributed by atoms with E-state index in [9.17, 15) is 19.2 Å². The number of halogens is 2. The number of carbonyl (C=O) groups excluding carboxylic acids is 4. The fraction of sp³-hybridized carbons (Fsp3) is 0.280. The topological polar surface area (TPSA) is 93.2 Å².